The van der Waals surface area contributed by atoms with E-state index >= 15 is 0 Å². The Kier molecular flexibility index (Phi) is 11.0. The molecule has 42 heavy (non-hydrogen) atoms. The minimum atomic E-state index is -0.315. The molecule has 0 bridgehead atoms. The number of amides is 2. The number of rotatable bonds is 12. The van der Waals surface area contributed by atoms with Crippen molar-refractivity contribution in [2.24, 2.45) is 0 Å². The smallest absolute Gasteiger partial charge is 0.269 e. The standard InChI is InChI=1S/C33H44N4O5/c38-21-26-19-29(33(40)35-28-16-8-10-18-31(28)42-23-25-13-5-2-6-14-25)37(36-26)20-32(39)34-27-15-7-9-17-30(27)41-22-24-11-3-1-4-12-24/h1,3-5,11-14,19,27-28,30-31,38H,2,6-10,15-18,20-23H2,(H,34,39)(H,35,40)/t27-,28?,30-,31-/m0/s1. The van der Waals surface area contributed by atoms with Gasteiger partial charge in [0.05, 0.1) is 49.8 Å². The van der Waals surface area contributed by atoms with E-state index in [2.05, 4.69) is 34.0 Å². The summed E-state index contributed by atoms with van der Waals surface area (Å²) in [7, 11) is 0. The van der Waals surface area contributed by atoms with E-state index in [0.717, 1.165) is 69.8 Å². The minimum Gasteiger partial charge on any atom is -0.390 e. The van der Waals surface area contributed by atoms with E-state index in [4.69, 9.17) is 9.47 Å². The van der Waals surface area contributed by atoms with Crippen LogP contribution in [0.15, 0.2) is 60.2 Å². The van der Waals surface area contributed by atoms with Gasteiger partial charge in [-0.2, -0.15) is 5.10 Å². The lowest BCUT2D eigenvalue weighted by Crippen LogP contribution is -2.48. The monoisotopic (exact) mass is 576 g/mol. The molecule has 0 saturated heterocycles. The number of hydrogen-bond acceptors (Lipinski definition) is 6. The van der Waals surface area contributed by atoms with Crippen LogP contribution in [0, 0.1) is 0 Å². The lowest BCUT2D eigenvalue weighted by molar-refractivity contribution is -0.124. The fourth-order valence-electron chi connectivity index (χ4n) is 6.16. The van der Waals surface area contributed by atoms with E-state index < -0.39 is 0 Å². The average Bonchev–Trinajstić information content (AvgIpc) is 3.44. The molecular formula is C33H44N4O5. The topological polar surface area (TPSA) is 115 Å². The highest BCUT2D eigenvalue weighted by Crippen LogP contribution is 2.24. The van der Waals surface area contributed by atoms with Gasteiger partial charge in [0.2, 0.25) is 5.91 Å². The van der Waals surface area contributed by atoms with Crippen LogP contribution in [0.1, 0.15) is 86.0 Å². The summed E-state index contributed by atoms with van der Waals surface area (Å²) in [4.78, 5) is 26.7. The van der Waals surface area contributed by atoms with Gasteiger partial charge in [0.1, 0.15) is 12.2 Å². The summed E-state index contributed by atoms with van der Waals surface area (Å²) in [5, 5.41) is 20.4. The molecule has 3 aliphatic rings. The number of allylic oxidation sites excluding steroid dienone is 2. The van der Waals surface area contributed by atoms with Crippen LogP contribution < -0.4 is 10.6 Å². The van der Waals surface area contributed by atoms with Crippen LogP contribution in [0.4, 0.5) is 0 Å². The van der Waals surface area contributed by atoms with Crippen molar-refractivity contribution >= 4 is 11.8 Å². The Morgan fingerprint density at radius 1 is 0.905 bits per heavy atom. The zero-order chi connectivity index (χ0) is 29.1. The summed E-state index contributed by atoms with van der Waals surface area (Å²) in [6.07, 6.45) is 16.1. The lowest BCUT2D eigenvalue weighted by Gasteiger charge is -2.32. The van der Waals surface area contributed by atoms with E-state index in [1.54, 1.807) is 6.07 Å². The van der Waals surface area contributed by atoms with E-state index in [1.807, 2.05) is 30.3 Å². The number of ether oxygens (including phenoxy) is 2. The third-order valence-corrected chi connectivity index (χ3v) is 8.43. The third kappa shape index (κ3) is 8.40. The fraction of sp³-hybridized carbons (Fsp3) is 0.545. The maximum Gasteiger partial charge on any atom is 0.269 e. The van der Waals surface area contributed by atoms with Crippen molar-refractivity contribution in [1.82, 2.24) is 20.4 Å². The number of aromatic nitrogens is 2. The molecule has 1 unspecified atom stereocenters. The van der Waals surface area contributed by atoms with Gasteiger partial charge < -0.3 is 25.2 Å². The van der Waals surface area contributed by atoms with E-state index in [9.17, 15) is 14.7 Å². The minimum absolute atomic E-state index is 0.0700. The zero-order valence-electron chi connectivity index (χ0n) is 24.4. The van der Waals surface area contributed by atoms with Crippen LogP contribution in [0.2, 0.25) is 0 Å². The first-order valence-corrected chi connectivity index (χ1v) is 15.5. The second kappa shape index (κ2) is 15.3. The number of nitrogens with one attached hydrogen (secondary N) is 2. The van der Waals surface area contributed by atoms with Gasteiger partial charge in [-0.15, -0.1) is 0 Å². The number of carbonyl (C=O) groups is 2. The number of aliphatic hydroxyl groups excluding tert-OH is 1. The van der Waals surface area contributed by atoms with Crippen LogP contribution in [-0.2, 0) is 34.0 Å². The zero-order valence-corrected chi connectivity index (χ0v) is 24.4. The first-order chi connectivity index (χ1) is 20.6. The number of benzene rings is 1. The molecule has 1 heterocycles. The van der Waals surface area contributed by atoms with Crippen molar-refractivity contribution in [3.8, 4) is 0 Å². The highest BCUT2D eigenvalue weighted by atomic mass is 16.5. The summed E-state index contributed by atoms with van der Waals surface area (Å²) < 4.78 is 13.9. The SMILES string of the molecule is O=C(Cn1nc(CO)cc1C(=O)NC1CCCC[C@@H]1OCC1=CCCC=C1)N[C@H]1CCCC[C@@H]1OCc1ccccc1. The van der Waals surface area contributed by atoms with Crippen molar-refractivity contribution in [1.29, 1.82) is 0 Å². The number of aliphatic hydroxyl groups is 1. The maximum atomic E-state index is 13.5. The quantitative estimate of drug-likeness (QED) is 0.346. The van der Waals surface area contributed by atoms with Crippen LogP contribution in [-0.4, -0.2) is 57.6 Å². The molecule has 0 radical (unpaired) electrons. The molecule has 0 aliphatic heterocycles. The molecule has 1 aromatic heterocycles. The van der Waals surface area contributed by atoms with E-state index in [0.29, 0.717) is 18.9 Å². The molecule has 4 atom stereocenters. The lowest BCUT2D eigenvalue weighted by atomic mass is 9.92. The second-order valence-corrected chi connectivity index (χ2v) is 11.6. The van der Waals surface area contributed by atoms with Crippen LogP contribution >= 0.6 is 0 Å². The molecule has 9 nitrogen and oxygen atoms in total. The Morgan fingerprint density at radius 2 is 1.60 bits per heavy atom. The van der Waals surface area contributed by atoms with Crippen LogP contribution in [0.3, 0.4) is 0 Å². The molecule has 3 N–H and O–H groups in total. The Morgan fingerprint density at radius 3 is 2.29 bits per heavy atom. The first kappa shape index (κ1) is 30.2. The normalized spacial score (nSPS) is 24.2. The number of hydrogen-bond donors (Lipinski definition) is 3. The molecule has 5 rings (SSSR count). The van der Waals surface area contributed by atoms with Crippen molar-refractivity contribution in [2.75, 3.05) is 6.61 Å². The predicted molar refractivity (Wildman–Crippen MR) is 159 cm³/mol. The molecule has 3 aliphatic carbocycles. The summed E-state index contributed by atoms with van der Waals surface area (Å²) in [5.74, 6) is -0.543. The van der Waals surface area contributed by atoms with Crippen molar-refractivity contribution in [2.45, 2.75) is 108 Å². The summed E-state index contributed by atoms with van der Waals surface area (Å²) in [6, 6.07) is 11.4. The van der Waals surface area contributed by atoms with Gasteiger partial charge in [0.15, 0.2) is 0 Å². The first-order valence-electron chi connectivity index (χ1n) is 15.5. The number of carbonyl (C=O) groups excluding carboxylic acids is 2. The van der Waals surface area contributed by atoms with Gasteiger partial charge in [-0.25, -0.2) is 0 Å². The van der Waals surface area contributed by atoms with Gasteiger partial charge >= 0.3 is 0 Å². The fourth-order valence-corrected chi connectivity index (χ4v) is 6.16. The molecule has 0 spiro atoms. The van der Waals surface area contributed by atoms with Gasteiger partial charge in [0, 0.05) is 0 Å². The maximum absolute atomic E-state index is 13.5. The molecule has 2 fully saturated rings. The van der Waals surface area contributed by atoms with E-state index in [-0.39, 0.29) is 55.0 Å². The van der Waals surface area contributed by atoms with Crippen LogP contribution in [0.25, 0.3) is 0 Å². The van der Waals surface area contributed by atoms with Crippen molar-refractivity contribution in [3.63, 3.8) is 0 Å². The summed E-state index contributed by atoms with van der Waals surface area (Å²) in [5.41, 5.74) is 2.89. The summed E-state index contributed by atoms with van der Waals surface area (Å²) in [6.45, 7) is 0.610. The van der Waals surface area contributed by atoms with Crippen molar-refractivity contribution in [3.05, 3.63) is 77.2 Å². The van der Waals surface area contributed by atoms with Gasteiger partial charge in [0.25, 0.3) is 5.91 Å². The number of nitrogens with zero attached hydrogens (tertiary/aromatic N) is 2. The van der Waals surface area contributed by atoms with Crippen molar-refractivity contribution < 1.29 is 24.2 Å². The van der Waals surface area contributed by atoms with E-state index in [1.165, 1.54) is 10.3 Å². The molecule has 2 amide bonds. The van der Waals surface area contributed by atoms with Gasteiger partial charge in [-0.1, -0.05) is 74.2 Å². The molecular weight excluding hydrogens is 532 g/mol. The molecule has 1 aromatic carbocycles. The average molecular weight is 577 g/mol. The summed E-state index contributed by atoms with van der Waals surface area (Å²) >= 11 is 0. The Bertz CT molecular complexity index is 1240. The molecule has 226 valence electrons. The van der Waals surface area contributed by atoms with Gasteiger partial charge in [-0.3, -0.25) is 14.3 Å². The molecule has 2 saturated carbocycles. The molecule has 9 heteroatoms. The Hall–Kier alpha value is -3.27. The second-order valence-electron chi connectivity index (χ2n) is 11.6. The highest BCUT2D eigenvalue weighted by Gasteiger charge is 2.30. The largest absolute Gasteiger partial charge is 0.390 e. The Labute approximate surface area is 248 Å². The molecule has 2 aromatic rings. The Balaban J connectivity index is 1.19. The van der Waals surface area contributed by atoms with Crippen LogP contribution in [0.5, 0.6) is 0 Å². The predicted octanol–water partition coefficient (Wildman–Crippen LogP) is 4.35. The highest BCUT2D eigenvalue weighted by molar-refractivity contribution is 5.93. The van der Waals surface area contributed by atoms with Gasteiger partial charge in [-0.05, 0) is 55.7 Å². The third-order valence-electron chi connectivity index (χ3n) is 8.43.